The lowest BCUT2D eigenvalue weighted by Crippen LogP contribution is -2.46. The van der Waals surface area contributed by atoms with Crippen molar-refractivity contribution in [2.75, 3.05) is 72.9 Å². The molecule has 0 bridgehead atoms. The lowest BCUT2D eigenvalue weighted by molar-refractivity contribution is 0.112. The van der Waals surface area contributed by atoms with Crippen molar-refractivity contribution in [1.29, 1.82) is 5.26 Å². The van der Waals surface area contributed by atoms with Crippen molar-refractivity contribution in [3.8, 4) is 6.07 Å². The normalized spacial score (nSPS) is 15.6. The highest BCUT2D eigenvalue weighted by molar-refractivity contribution is 5.75. The Bertz CT molecular complexity index is 1120. The quantitative estimate of drug-likeness (QED) is 0.454. The van der Waals surface area contributed by atoms with E-state index in [0.29, 0.717) is 5.56 Å². The summed E-state index contributed by atoms with van der Waals surface area (Å²) in [5, 5.41) is 8.84. The van der Waals surface area contributed by atoms with Gasteiger partial charge in [-0.3, -0.25) is 4.79 Å². The number of nitrogens with two attached hydrogens (primary N) is 1. The van der Waals surface area contributed by atoms with Crippen LogP contribution in [0.1, 0.15) is 17.3 Å². The number of piperazine rings is 1. The fourth-order valence-electron chi connectivity index (χ4n) is 4.24. The number of anilines is 4. The maximum absolute atomic E-state index is 10.5. The predicted molar refractivity (Wildman–Crippen MR) is 143 cm³/mol. The number of nitrogens with zero attached hydrogens (tertiary/aromatic N) is 4. The van der Waals surface area contributed by atoms with Crippen LogP contribution >= 0.6 is 0 Å². The van der Waals surface area contributed by atoms with Gasteiger partial charge in [-0.15, -0.1) is 0 Å². The van der Waals surface area contributed by atoms with Crippen molar-refractivity contribution >= 4 is 29.0 Å². The van der Waals surface area contributed by atoms with E-state index in [-0.39, 0.29) is 1.43 Å². The first-order valence-electron chi connectivity index (χ1n) is 11.9. The standard InChI is InChI=1S/C17H18N4.C11H13NO2.H2/c18-13-14-1-5-16(6-2-14)20-9-11-21(12-10-20)17-7-3-15(19)4-8-17;13-9-10-1-3-11(4-2-10)12-5-7-14-8-6-12;/h1-8H,9-12,19H2;1-4,9H,5-8H2;1H. The van der Waals surface area contributed by atoms with E-state index in [4.69, 9.17) is 15.7 Å². The third kappa shape index (κ3) is 6.52. The van der Waals surface area contributed by atoms with Crippen molar-refractivity contribution in [2.45, 2.75) is 0 Å². The molecule has 2 N–H and O–H groups in total. The molecule has 0 saturated carbocycles. The number of hydrogen-bond donors (Lipinski definition) is 1. The van der Waals surface area contributed by atoms with Crippen LogP contribution in [0.15, 0.2) is 72.8 Å². The summed E-state index contributed by atoms with van der Waals surface area (Å²) in [5.41, 5.74) is 11.5. The van der Waals surface area contributed by atoms with Crippen LogP contribution in [0.5, 0.6) is 0 Å². The second kappa shape index (κ2) is 11.9. The van der Waals surface area contributed by atoms with Gasteiger partial charge in [-0.2, -0.15) is 5.26 Å². The van der Waals surface area contributed by atoms with Gasteiger partial charge in [0.25, 0.3) is 0 Å². The molecule has 2 aliphatic rings. The highest BCUT2D eigenvalue weighted by atomic mass is 16.5. The van der Waals surface area contributed by atoms with E-state index in [1.807, 2.05) is 60.7 Å². The van der Waals surface area contributed by atoms with Gasteiger partial charge in [-0.25, -0.2) is 0 Å². The average molecular weight is 472 g/mol. The molecule has 182 valence electrons. The Hall–Kier alpha value is -4.02. The van der Waals surface area contributed by atoms with E-state index in [1.54, 1.807) is 0 Å². The number of ether oxygens (including phenoxy) is 1. The summed E-state index contributed by atoms with van der Waals surface area (Å²) in [5.74, 6) is 0. The molecule has 3 aromatic carbocycles. The van der Waals surface area contributed by atoms with Crippen LogP contribution in [0, 0.1) is 11.3 Å². The summed E-state index contributed by atoms with van der Waals surface area (Å²) in [6.07, 6.45) is 0.864. The topological polar surface area (TPSA) is 85.8 Å². The minimum atomic E-state index is 0. The number of carbonyl (C=O) groups excluding carboxylic acids is 1. The monoisotopic (exact) mass is 471 g/mol. The molecule has 0 aliphatic carbocycles. The predicted octanol–water partition coefficient (Wildman–Crippen LogP) is 4.05. The zero-order chi connectivity index (χ0) is 24.5. The molecule has 0 spiro atoms. The smallest absolute Gasteiger partial charge is 0.150 e. The number of morpholine rings is 1. The molecule has 5 rings (SSSR count). The van der Waals surface area contributed by atoms with E-state index < -0.39 is 0 Å². The number of hydrogen-bond acceptors (Lipinski definition) is 7. The zero-order valence-corrected chi connectivity index (χ0v) is 19.8. The summed E-state index contributed by atoms with van der Waals surface area (Å²) in [7, 11) is 0. The van der Waals surface area contributed by atoms with E-state index in [0.717, 1.165) is 70.0 Å². The first-order chi connectivity index (χ1) is 17.2. The Labute approximate surface area is 208 Å². The molecule has 2 saturated heterocycles. The van der Waals surface area contributed by atoms with E-state index in [9.17, 15) is 4.79 Å². The Morgan fingerprint density at radius 3 is 1.60 bits per heavy atom. The van der Waals surface area contributed by atoms with Crippen LogP contribution in [0.4, 0.5) is 22.7 Å². The van der Waals surface area contributed by atoms with Crippen LogP contribution in [0.3, 0.4) is 0 Å². The lowest BCUT2D eigenvalue weighted by Gasteiger charge is -2.37. The van der Waals surface area contributed by atoms with Gasteiger partial charge in [0.2, 0.25) is 0 Å². The minimum absolute atomic E-state index is 0. The fourth-order valence-corrected chi connectivity index (χ4v) is 4.24. The maximum Gasteiger partial charge on any atom is 0.150 e. The zero-order valence-electron chi connectivity index (χ0n) is 19.8. The molecular formula is C28H33N5O2. The van der Waals surface area contributed by atoms with Crippen LogP contribution < -0.4 is 20.4 Å². The SMILES string of the molecule is N#Cc1ccc(N2CCN(c3ccc(N)cc3)CC2)cc1.O=Cc1ccc(N2CCOCC2)cc1.[HH]. The van der Waals surface area contributed by atoms with Crippen LogP contribution in [-0.2, 0) is 4.74 Å². The maximum atomic E-state index is 10.5. The van der Waals surface area contributed by atoms with Crippen LogP contribution in [0.25, 0.3) is 0 Å². The molecule has 0 atom stereocenters. The van der Waals surface area contributed by atoms with Crippen molar-refractivity contribution in [3.05, 3.63) is 83.9 Å². The highest BCUT2D eigenvalue weighted by Gasteiger charge is 2.17. The van der Waals surface area contributed by atoms with E-state index in [2.05, 4.69) is 32.9 Å². The third-order valence-corrected chi connectivity index (χ3v) is 6.30. The van der Waals surface area contributed by atoms with Crippen molar-refractivity contribution in [2.24, 2.45) is 0 Å². The largest absolute Gasteiger partial charge is 0.399 e. The van der Waals surface area contributed by atoms with Gasteiger partial charge < -0.3 is 25.2 Å². The van der Waals surface area contributed by atoms with E-state index in [1.165, 1.54) is 17.1 Å². The first-order valence-corrected chi connectivity index (χ1v) is 11.9. The third-order valence-electron chi connectivity index (χ3n) is 6.30. The van der Waals surface area contributed by atoms with Crippen molar-refractivity contribution in [1.82, 2.24) is 0 Å². The van der Waals surface area contributed by atoms with Crippen LogP contribution in [-0.4, -0.2) is 58.8 Å². The fraction of sp³-hybridized carbons (Fsp3) is 0.286. The van der Waals surface area contributed by atoms with E-state index >= 15 is 0 Å². The summed E-state index contributed by atoms with van der Waals surface area (Å²) < 4.78 is 5.27. The Balaban J connectivity index is 0.000000210. The molecular weight excluding hydrogens is 438 g/mol. The second-order valence-electron chi connectivity index (χ2n) is 8.53. The average Bonchev–Trinajstić information content (AvgIpc) is 2.94. The lowest BCUT2D eigenvalue weighted by atomic mass is 10.2. The molecule has 0 aromatic heterocycles. The molecule has 7 nitrogen and oxygen atoms in total. The van der Waals surface area contributed by atoms with Gasteiger partial charge in [0.15, 0.2) is 0 Å². The molecule has 2 heterocycles. The number of aldehydes is 1. The van der Waals surface area contributed by atoms with Gasteiger partial charge in [0, 0.05) is 69.0 Å². The summed E-state index contributed by atoms with van der Waals surface area (Å²) >= 11 is 0. The molecule has 0 unspecified atom stereocenters. The molecule has 2 aliphatic heterocycles. The number of rotatable bonds is 4. The first kappa shape index (κ1) is 24.1. The summed E-state index contributed by atoms with van der Waals surface area (Å²) in [6.45, 7) is 7.38. The number of benzene rings is 3. The van der Waals surface area contributed by atoms with Crippen LogP contribution in [0.2, 0.25) is 0 Å². The number of carbonyl (C=O) groups is 1. The summed E-state index contributed by atoms with van der Waals surface area (Å²) in [4.78, 5) is 17.5. The Morgan fingerprint density at radius 1 is 0.714 bits per heavy atom. The molecule has 35 heavy (non-hydrogen) atoms. The van der Waals surface area contributed by atoms with Crippen molar-refractivity contribution in [3.63, 3.8) is 0 Å². The van der Waals surface area contributed by atoms with Gasteiger partial charge in [0.05, 0.1) is 24.8 Å². The van der Waals surface area contributed by atoms with Gasteiger partial charge in [0.1, 0.15) is 6.29 Å². The number of nitrogen functional groups attached to an aromatic ring is 1. The Kier molecular flexibility index (Phi) is 8.21. The molecule has 0 radical (unpaired) electrons. The number of nitriles is 1. The summed E-state index contributed by atoms with van der Waals surface area (Å²) in [6, 6.07) is 25.7. The Morgan fingerprint density at radius 2 is 1.14 bits per heavy atom. The van der Waals surface area contributed by atoms with Gasteiger partial charge in [-0.1, -0.05) is 0 Å². The van der Waals surface area contributed by atoms with Crippen molar-refractivity contribution < 1.29 is 11.0 Å². The van der Waals surface area contributed by atoms with Gasteiger partial charge >= 0.3 is 0 Å². The second-order valence-corrected chi connectivity index (χ2v) is 8.53. The molecule has 7 heteroatoms. The highest BCUT2D eigenvalue weighted by Crippen LogP contribution is 2.22. The minimum Gasteiger partial charge on any atom is -0.399 e. The molecule has 3 aromatic rings. The molecule has 0 amide bonds. The van der Waals surface area contributed by atoms with Gasteiger partial charge in [-0.05, 0) is 72.8 Å². The molecule has 2 fully saturated rings.